The van der Waals surface area contributed by atoms with Crippen molar-refractivity contribution < 1.29 is 31.5 Å². The van der Waals surface area contributed by atoms with Crippen LogP contribution in [0, 0.1) is 13.8 Å². The van der Waals surface area contributed by atoms with Crippen molar-refractivity contribution in [3.05, 3.63) is 81.5 Å². The Labute approximate surface area is 211 Å². The van der Waals surface area contributed by atoms with Crippen LogP contribution in [0.2, 0.25) is 0 Å². The van der Waals surface area contributed by atoms with Gasteiger partial charge in [-0.1, -0.05) is 36.2 Å². The third-order valence-corrected chi connectivity index (χ3v) is 6.32. The second-order valence-electron chi connectivity index (χ2n) is 9.20. The SMILES string of the molecule is Cc1ccc(C(F)(F)CNC(=O)c2c(Oc3cccc(C(F)(F)F)c3)nnc3c2CCCCC3)c(C)c1. The molecule has 0 aliphatic heterocycles. The molecular formula is C27H26F5N3O2. The minimum absolute atomic E-state index is 0.0826. The molecule has 1 N–H and O–H groups in total. The summed E-state index contributed by atoms with van der Waals surface area (Å²) in [6.07, 6.45) is -1.17. The fourth-order valence-corrected chi connectivity index (χ4v) is 4.48. The standard InChI is InChI=1S/C27H26F5N3O2/c1-16-11-12-21(17(2)13-16)26(28,29)15-33-24(36)23-20-9-4-3-5-10-22(20)34-35-25(23)37-19-8-6-7-18(14-19)27(30,31)32/h6-8,11-14H,3-5,9-10,15H2,1-2H3,(H,33,36). The second kappa shape index (κ2) is 10.4. The molecule has 2 aromatic carbocycles. The van der Waals surface area contributed by atoms with Gasteiger partial charge < -0.3 is 10.1 Å². The number of fused-ring (bicyclic) bond motifs is 1. The number of nitrogens with one attached hydrogen (secondary N) is 1. The predicted molar refractivity (Wildman–Crippen MR) is 127 cm³/mol. The van der Waals surface area contributed by atoms with E-state index in [-0.39, 0.29) is 22.8 Å². The fourth-order valence-electron chi connectivity index (χ4n) is 4.48. The van der Waals surface area contributed by atoms with Crippen molar-refractivity contribution in [2.24, 2.45) is 0 Å². The summed E-state index contributed by atoms with van der Waals surface area (Å²) in [6.45, 7) is 2.40. The van der Waals surface area contributed by atoms with Gasteiger partial charge in [0.15, 0.2) is 0 Å². The van der Waals surface area contributed by atoms with Crippen molar-refractivity contribution in [3.63, 3.8) is 0 Å². The summed E-state index contributed by atoms with van der Waals surface area (Å²) in [7, 11) is 0. The fraction of sp³-hybridized carbons (Fsp3) is 0.370. The Kier molecular flexibility index (Phi) is 7.47. The van der Waals surface area contributed by atoms with Crippen LogP contribution in [0.5, 0.6) is 11.6 Å². The van der Waals surface area contributed by atoms with E-state index in [4.69, 9.17) is 4.74 Å². The van der Waals surface area contributed by atoms with Crippen molar-refractivity contribution in [2.75, 3.05) is 6.54 Å². The normalized spacial score (nSPS) is 14.0. The first-order chi connectivity index (χ1) is 17.5. The van der Waals surface area contributed by atoms with E-state index >= 15 is 8.78 Å². The molecule has 0 unspecified atom stereocenters. The highest BCUT2D eigenvalue weighted by Gasteiger charge is 2.35. The lowest BCUT2D eigenvalue weighted by molar-refractivity contribution is -0.137. The van der Waals surface area contributed by atoms with Gasteiger partial charge in [0.1, 0.15) is 11.3 Å². The number of alkyl halides is 5. The maximum Gasteiger partial charge on any atom is 0.416 e. The molecule has 0 radical (unpaired) electrons. The van der Waals surface area contributed by atoms with Crippen molar-refractivity contribution in [1.82, 2.24) is 15.5 Å². The highest BCUT2D eigenvalue weighted by Crippen LogP contribution is 2.35. The molecular weight excluding hydrogens is 493 g/mol. The number of halogens is 5. The van der Waals surface area contributed by atoms with Gasteiger partial charge in [0.05, 0.1) is 17.8 Å². The minimum Gasteiger partial charge on any atom is -0.437 e. The Morgan fingerprint density at radius 3 is 2.46 bits per heavy atom. The first kappa shape index (κ1) is 26.5. The lowest BCUT2D eigenvalue weighted by atomic mass is 9.99. The van der Waals surface area contributed by atoms with E-state index in [1.54, 1.807) is 26.0 Å². The summed E-state index contributed by atoms with van der Waals surface area (Å²) >= 11 is 0. The highest BCUT2D eigenvalue weighted by molar-refractivity contribution is 5.98. The molecule has 1 heterocycles. The molecule has 5 nitrogen and oxygen atoms in total. The maximum absolute atomic E-state index is 15.1. The van der Waals surface area contributed by atoms with Gasteiger partial charge in [-0.15, -0.1) is 5.10 Å². The molecule has 1 aliphatic carbocycles. The summed E-state index contributed by atoms with van der Waals surface area (Å²) in [5.41, 5.74) is 1.08. The monoisotopic (exact) mass is 519 g/mol. The average molecular weight is 520 g/mol. The van der Waals surface area contributed by atoms with Crippen molar-refractivity contribution in [1.29, 1.82) is 0 Å². The molecule has 0 spiro atoms. The van der Waals surface area contributed by atoms with E-state index in [9.17, 15) is 18.0 Å². The molecule has 1 aromatic heterocycles. The number of benzene rings is 2. The van der Waals surface area contributed by atoms with Gasteiger partial charge in [0, 0.05) is 5.56 Å². The number of carbonyl (C=O) groups is 1. The summed E-state index contributed by atoms with van der Waals surface area (Å²) in [5, 5.41) is 10.4. The number of carbonyl (C=O) groups excluding carboxylic acids is 1. The smallest absolute Gasteiger partial charge is 0.416 e. The van der Waals surface area contributed by atoms with Crippen LogP contribution in [0.15, 0.2) is 42.5 Å². The molecule has 4 rings (SSSR count). The van der Waals surface area contributed by atoms with Gasteiger partial charge in [-0.3, -0.25) is 4.79 Å². The molecule has 10 heteroatoms. The van der Waals surface area contributed by atoms with Crippen LogP contribution in [0.25, 0.3) is 0 Å². The summed E-state index contributed by atoms with van der Waals surface area (Å²) in [6, 6.07) is 8.67. The van der Waals surface area contributed by atoms with Gasteiger partial charge >= 0.3 is 6.18 Å². The zero-order valence-corrected chi connectivity index (χ0v) is 20.4. The number of amides is 1. The Morgan fingerprint density at radius 2 is 1.73 bits per heavy atom. The van der Waals surface area contributed by atoms with Crippen LogP contribution in [-0.4, -0.2) is 22.6 Å². The minimum atomic E-state index is -4.60. The van der Waals surface area contributed by atoms with Crippen molar-refractivity contribution in [2.45, 2.75) is 58.1 Å². The van der Waals surface area contributed by atoms with E-state index in [1.165, 1.54) is 18.2 Å². The molecule has 0 saturated heterocycles. The summed E-state index contributed by atoms with van der Waals surface area (Å²) in [4.78, 5) is 13.3. The van der Waals surface area contributed by atoms with E-state index in [2.05, 4.69) is 15.5 Å². The van der Waals surface area contributed by atoms with Crippen LogP contribution < -0.4 is 10.1 Å². The van der Waals surface area contributed by atoms with E-state index in [1.807, 2.05) is 0 Å². The number of hydrogen-bond donors (Lipinski definition) is 1. The Bertz CT molecular complexity index is 1310. The Hall–Kier alpha value is -3.56. The molecule has 0 bridgehead atoms. The third kappa shape index (κ3) is 6.06. The maximum atomic E-state index is 15.1. The van der Waals surface area contributed by atoms with Gasteiger partial charge in [-0.05, 0) is 68.9 Å². The van der Waals surface area contributed by atoms with Gasteiger partial charge in [0.2, 0.25) is 0 Å². The number of ether oxygens (including phenoxy) is 1. The van der Waals surface area contributed by atoms with E-state index < -0.39 is 30.1 Å². The quantitative estimate of drug-likeness (QED) is 0.291. The molecule has 1 amide bonds. The van der Waals surface area contributed by atoms with Crippen LogP contribution in [0.4, 0.5) is 22.0 Å². The van der Waals surface area contributed by atoms with Crippen LogP contribution >= 0.6 is 0 Å². The highest BCUT2D eigenvalue weighted by atomic mass is 19.4. The van der Waals surface area contributed by atoms with Crippen molar-refractivity contribution >= 4 is 5.91 Å². The number of hydrogen-bond acceptors (Lipinski definition) is 4. The largest absolute Gasteiger partial charge is 0.437 e. The predicted octanol–water partition coefficient (Wildman–Crippen LogP) is 6.70. The Balaban J connectivity index is 1.66. The molecule has 0 fully saturated rings. The lowest BCUT2D eigenvalue weighted by Gasteiger charge is -2.21. The van der Waals surface area contributed by atoms with Gasteiger partial charge in [0.25, 0.3) is 17.7 Å². The average Bonchev–Trinajstić information content (AvgIpc) is 3.07. The van der Waals surface area contributed by atoms with Gasteiger partial charge in [-0.25, -0.2) is 0 Å². The third-order valence-electron chi connectivity index (χ3n) is 6.32. The zero-order valence-electron chi connectivity index (χ0n) is 20.4. The summed E-state index contributed by atoms with van der Waals surface area (Å²) in [5.74, 6) is -4.73. The van der Waals surface area contributed by atoms with Crippen LogP contribution in [-0.2, 0) is 24.9 Å². The molecule has 196 valence electrons. The molecule has 3 aromatic rings. The molecule has 1 aliphatic rings. The number of aromatic nitrogens is 2. The number of nitrogens with zero attached hydrogens (tertiary/aromatic N) is 2. The van der Waals surface area contributed by atoms with E-state index in [0.717, 1.165) is 37.0 Å². The first-order valence-corrected chi connectivity index (χ1v) is 11.9. The Morgan fingerprint density at radius 1 is 0.973 bits per heavy atom. The topological polar surface area (TPSA) is 64.1 Å². The number of aryl methyl sites for hydroxylation is 3. The van der Waals surface area contributed by atoms with Crippen LogP contribution in [0.3, 0.4) is 0 Å². The summed E-state index contributed by atoms with van der Waals surface area (Å²) < 4.78 is 75.2. The molecule has 37 heavy (non-hydrogen) atoms. The van der Waals surface area contributed by atoms with E-state index in [0.29, 0.717) is 29.7 Å². The molecule has 0 saturated carbocycles. The van der Waals surface area contributed by atoms with Crippen LogP contribution in [0.1, 0.15) is 63.1 Å². The van der Waals surface area contributed by atoms with Crippen molar-refractivity contribution in [3.8, 4) is 11.6 Å². The first-order valence-electron chi connectivity index (χ1n) is 11.9. The zero-order chi connectivity index (χ0) is 26.8. The molecule has 0 atom stereocenters. The van der Waals surface area contributed by atoms with Gasteiger partial charge in [-0.2, -0.15) is 27.1 Å². The lowest BCUT2D eigenvalue weighted by Crippen LogP contribution is -2.36. The second-order valence-corrected chi connectivity index (χ2v) is 9.20. The number of rotatable bonds is 6.